The molecule has 1 atom stereocenters. The van der Waals surface area contributed by atoms with Gasteiger partial charge in [-0.15, -0.1) is 0 Å². The normalized spacial score (nSPS) is 18.4. The molecule has 0 saturated carbocycles. The Balaban J connectivity index is 1.90. The van der Waals surface area contributed by atoms with E-state index in [2.05, 4.69) is 10.6 Å². The topological polar surface area (TPSA) is 87.7 Å². The predicted molar refractivity (Wildman–Crippen MR) is 116 cm³/mol. The quantitative estimate of drug-likeness (QED) is 0.667. The Hall–Kier alpha value is -2.41. The van der Waals surface area contributed by atoms with Crippen molar-refractivity contribution in [1.82, 2.24) is 15.5 Å². The number of carbonyl (C=O) groups is 3. The number of benzene rings is 1. The van der Waals surface area contributed by atoms with Crippen molar-refractivity contribution in [3.8, 4) is 0 Å². The molecule has 1 unspecified atom stereocenters. The molecule has 0 aromatic heterocycles. The highest BCUT2D eigenvalue weighted by Crippen LogP contribution is 2.15. The molecule has 2 N–H and O–H groups in total. The van der Waals surface area contributed by atoms with Crippen LogP contribution >= 0.6 is 0 Å². The summed E-state index contributed by atoms with van der Waals surface area (Å²) in [4.78, 5) is 39.3. The van der Waals surface area contributed by atoms with Gasteiger partial charge in [0.2, 0.25) is 11.8 Å². The van der Waals surface area contributed by atoms with Gasteiger partial charge in [0, 0.05) is 50.7 Å². The van der Waals surface area contributed by atoms with Crippen LogP contribution in [0, 0.1) is 5.92 Å². The van der Waals surface area contributed by atoms with E-state index >= 15 is 0 Å². The van der Waals surface area contributed by atoms with Gasteiger partial charge in [0.15, 0.2) is 0 Å². The summed E-state index contributed by atoms with van der Waals surface area (Å²) in [5, 5.41) is 5.86. The van der Waals surface area contributed by atoms with Crippen LogP contribution in [0.5, 0.6) is 0 Å². The van der Waals surface area contributed by atoms with Crippen LogP contribution in [-0.4, -0.2) is 61.5 Å². The molecule has 3 amide bonds. The van der Waals surface area contributed by atoms with Gasteiger partial charge in [0.1, 0.15) is 0 Å². The fraction of sp³-hybridized carbons (Fsp3) is 0.609. The van der Waals surface area contributed by atoms with Crippen LogP contribution in [0.1, 0.15) is 56.3 Å². The Morgan fingerprint density at radius 2 is 1.97 bits per heavy atom. The summed E-state index contributed by atoms with van der Waals surface area (Å²) in [6.07, 6.45) is 3.24. The molecule has 1 aromatic carbocycles. The van der Waals surface area contributed by atoms with E-state index in [0.29, 0.717) is 51.2 Å². The molecule has 1 aliphatic rings. The molecule has 0 radical (unpaired) electrons. The highest BCUT2D eigenvalue weighted by molar-refractivity contribution is 5.94. The summed E-state index contributed by atoms with van der Waals surface area (Å²) >= 11 is 0. The third-order valence-electron chi connectivity index (χ3n) is 5.15. The Morgan fingerprint density at radius 1 is 1.20 bits per heavy atom. The smallest absolute Gasteiger partial charge is 0.253 e. The minimum atomic E-state index is -0.178. The molecule has 7 heteroatoms. The van der Waals surface area contributed by atoms with Crippen LogP contribution in [-0.2, 0) is 14.3 Å². The van der Waals surface area contributed by atoms with Gasteiger partial charge in [0.05, 0.1) is 6.10 Å². The number of hydrogen-bond acceptors (Lipinski definition) is 4. The van der Waals surface area contributed by atoms with Gasteiger partial charge in [-0.25, -0.2) is 0 Å². The zero-order chi connectivity index (χ0) is 21.8. The number of amides is 3. The van der Waals surface area contributed by atoms with Gasteiger partial charge < -0.3 is 20.3 Å². The van der Waals surface area contributed by atoms with Crippen LogP contribution in [0.25, 0.3) is 0 Å². The maximum absolute atomic E-state index is 12.8. The largest absolute Gasteiger partial charge is 0.379 e. The lowest BCUT2D eigenvalue weighted by Gasteiger charge is -2.23. The van der Waals surface area contributed by atoms with Crippen LogP contribution < -0.4 is 10.6 Å². The molecule has 2 rings (SSSR count). The predicted octanol–water partition coefficient (Wildman–Crippen LogP) is 2.37. The van der Waals surface area contributed by atoms with Gasteiger partial charge in [-0.2, -0.15) is 0 Å². The number of rotatable bonds is 7. The first-order valence-corrected chi connectivity index (χ1v) is 11.0. The lowest BCUT2D eigenvalue weighted by molar-refractivity contribution is -0.126. The maximum atomic E-state index is 12.8. The summed E-state index contributed by atoms with van der Waals surface area (Å²) in [7, 11) is 0. The second-order valence-electron chi connectivity index (χ2n) is 7.95. The van der Waals surface area contributed by atoms with E-state index in [1.165, 1.54) is 0 Å². The van der Waals surface area contributed by atoms with Crippen LogP contribution in [0.4, 0.5) is 0 Å². The van der Waals surface area contributed by atoms with Crippen molar-refractivity contribution in [2.45, 2.75) is 52.1 Å². The minimum absolute atomic E-state index is 0.00831. The fourth-order valence-corrected chi connectivity index (χ4v) is 3.47. The van der Waals surface area contributed by atoms with Crippen molar-refractivity contribution in [1.29, 1.82) is 0 Å². The van der Waals surface area contributed by atoms with Gasteiger partial charge in [0.25, 0.3) is 5.91 Å². The second kappa shape index (κ2) is 13.0. The van der Waals surface area contributed by atoms with Gasteiger partial charge in [-0.3, -0.25) is 14.4 Å². The Morgan fingerprint density at radius 3 is 2.70 bits per heavy atom. The number of carbonyl (C=O) groups excluding carboxylic acids is 3. The summed E-state index contributed by atoms with van der Waals surface area (Å²) in [6, 6.07) is 9.10. The van der Waals surface area contributed by atoms with Crippen molar-refractivity contribution in [2.24, 2.45) is 5.92 Å². The third kappa shape index (κ3) is 8.53. The highest BCUT2D eigenvalue weighted by Gasteiger charge is 2.22. The van der Waals surface area contributed by atoms with Gasteiger partial charge >= 0.3 is 0 Å². The molecular formula is C23H35N3O4. The lowest BCUT2D eigenvalue weighted by atomic mass is 9.98. The van der Waals surface area contributed by atoms with E-state index in [0.717, 1.165) is 12.8 Å². The summed E-state index contributed by atoms with van der Waals surface area (Å²) in [6.45, 7) is 6.56. The number of nitrogens with zero attached hydrogens (tertiary/aromatic N) is 1. The highest BCUT2D eigenvalue weighted by atomic mass is 16.5. The van der Waals surface area contributed by atoms with Crippen LogP contribution in [0.2, 0.25) is 0 Å². The molecule has 7 nitrogen and oxygen atoms in total. The lowest BCUT2D eigenvalue weighted by Crippen LogP contribution is -2.35. The van der Waals surface area contributed by atoms with E-state index < -0.39 is 0 Å². The van der Waals surface area contributed by atoms with E-state index in [1.807, 2.05) is 32.0 Å². The van der Waals surface area contributed by atoms with Crippen molar-refractivity contribution >= 4 is 17.7 Å². The Labute approximate surface area is 179 Å². The first-order chi connectivity index (χ1) is 14.5. The van der Waals surface area contributed by atoms with Crippen molar-refractivity contribution in [2.75, 3.05) is 32.8 Å². The summed E-state index contributed by atoms with van der Waals surface area (Å²) in [5.41, 5.74) is 0.616. The molecular weight excluding hydrogens is 382 g/mol. The SMILES string of the molecule is CC(C)OCCCNC(=O)C1CCCN(C(=O)c2ccccc2)CCC(=O)NCC1. The molecule has 0 bridgehead atoms. The Bertz CT molecular complexity index is 678. The molecule has 166 valence electrons. The van der Waals surface area contributed by atoms with Crippen LogP contribution in [0.15, 0.2) is 30.3 Å². The number of hydrogen-bond donors (Lipinski definition) is 2. The molecule has 1 fully saturated rings. The summed E-state index contributed by atoms with van der Waals surface area (Å²) < 4.78 is 5.50. The number of ether oxygens (including phenoxy) is 1. The van der Waals surface area contributed by atoms with E-state index in [-0.39, 0.29) is 36.2 Å². The Kier molecular flexibility index (Phi) is 10.3. The van der Waals surface area contributed by atoms with Crippen molar-refractivity contribution in [3.05, 3.63) is 35.9 Å². The fourth-order valence-electron chi connectivity index (χ4n) is 3.47. The van der Waals surface area contributed by atoms with Crippen LogP contribution in [0.3, 0.4) is 0 Å². The second-order valence-corrected chi connectivity index (χ2v) is 7.95. The molecule has 1 aliphatic heterocycles. The monoisotopic (exact) mass is 417 g/mol. The first kappa shape index (κ1) is 23.9. The average Bonchev–Trinajstić information content (AvgIpc) is 2.78. The molecule has 30 heavy (non-hydrogen) atoms. The standard InChI is InChI=1S/C23H35N3O4/c1-18(2)30-17-7-13-25-22(28)19-10-6-15-26(16-12-21(27)24-14-11-19)23(29)20-8-4-3-5-9-20/h3-5,8-9,18-19H,6-7,10-17H2,1-2H3,(H,24,27)(H,25,28). The third-order valence-corrected chi connectivity index (χ3v) is 5.15. The summed E-state index contributed by atoms with van der Waals surface area (Å²) in [5.74, 6) is -0.335. The number of nitrogens with one attached hydrogen (secondary N) is 2. The van der Waals surface area contributed by atoms with Gasteiger partial charge in [-0.1, -0.05) is 18.2 Å². The van der Waals surface area contributed by atoms with E-state index in [4.69, 9.17) is 4.74 Å². The van der Waals surface area contributed by atoms with E-state index in [1.54, 1.807) is 17.0 Å². The van der Waals surface area contributed by atoms with Gasteiger partial charge in [-0.05, 0) is 51.7 Å². The average molecular weight is 418 g/mol. The molecule has 1 saturated heterocycles. The molecule has 0 spiro atoms. The minimum Gasteiger partial charge on any atom is -0.379 e. The van der Waals surface area contributed by atoms with E-state index in [9.17, 15) is 14.4 Å². The molecule has 0 aliphatic carbocycles. The zero-order valence-electron chi connectivity index (χ0n) is 18.2. The maximum Gasteiger partial charge on any atom is 0.253 e. The molecule has 1 heterocycles. The van der Waals surface area contributed by atoms with Crippen molar-refractivity contribution in [3.63, 3.8) is 0 Å². The zero-order valence-corrected chi connectivity index (χ0v) is 18.2. The molecule has 1 aromatic rings. The first-order valence-electron chi connectivity index (χ1n) is 11.0. The van der Waals surface area contributed by atoms with Crippen molar-refractivity contribution < 1.29 is 19.1 Å².